The summed E-state index contributed by atoms with van der Waals surface area (Å²) >= 11 is 0. The molecule has 1 aromatic heterocycles. The molecule has 5 rings (SSSR count). The summed E-state index contributed by atoms with van der Waals surface area (Å²) in [5.74, 6) is 0.440. The lowest BCUT2D eigenvalue weighted by molar-refractivity contribution is -0.138. The van der Waals surface area contributed by atoms with Crippen molar-refractivity contribution in [1.29, 1.82) is 0 Å². The van der Waals surface area contributed by atoms with E-state index in [0.717, 1.165) is 24.3 Å². The molecule has 0 bridgehead atoms. The lowest BCUT2D eigenvalue weighted by atomic mass is 9.90. The van der Waals surface area contributed by atoms with Crippen molar-refractivity contribution in [2.45, 2.75) is 70.9 Å². The number of rotatable bonds is 9. The van der Waals surface area contributed by atoms with Crippen molar-refractivity contribution in [3.05, 3.63) is 70.7 Å². The fourth-order valence-corrected chi connectivity index (χ4v) is 5.47. The number of carboxylic acid groups (broad SMARTS) is 1. The van der Waals surface area contributed by atoms with Gasteiger partial charge in [-0.05, 0) is 92.5 Å². The van der Waals surface area contributed by atoms with Crippen LogP contribution in [0.15, 0.2) is 42.7 Å². The molecule has 7 heteroatoms. The highest BCUT2D eigenvalue weighted by molar-refractivity contribution is 5.77. The van der Waals surface area contributed by atoms with E-state index in [-0.39, 0.29) is 17.9 Å². The van der Waals surface area contributed by atoms with Crippen LogP contribution in [-0.4, -0.2) is 38.4 Å². The SMILES string of the molecule is Cc1cc(OCCC(C)(C)O)cc(C)c1-c1cccc2c1CC[C@H]2Nc1cnc([C@@H]2C[C@H]2C(=O)O)cn1. The highest BCUT2D eigenvalue weighted by Gasteiger charge is 2.45. The zero-order valence-electron chi connectivity index (χ0n) is 21.9. The number of ether oxygens (including phenoxy) is 1. The Bertz CT molecular complexity index is 1290. The number of hydrogen-bond donors (Lipinski definition) is 3. The van der Waals surface area contributed by atoms with Gasteiger partial charge >= 0.3 is 5.97 Å². The van der Waals surface area contributed by atoms with Gasteiger partial charge < -0.3 is 20.3 Å². The normalized spacial score (nSPS) is 20.4. The van der Waals surface area contributed by atoms with Crippen LogP contribution < -0.4 is 10.1 Å². The van der Waals surface area contributed by atoms with Gasteiger partial charge in [0.25, 0.3) is 0 Å². The molecule has 0 aliphatic heterocycles. The van der Waals surface area contributed by atoms with Gasteiger partial charge in [-0.25, -0.2) is 4.98 Å². The Hall–Kier alpha value is -3.45. The quantitative estimate of drug-likeness (QED) is 0.351. The van der Waals surface area contributed by atoms with Crippen molar-refractivity contribution >= 4 is 11.8 Å². The molecule has 194 valence electrons. The summed E-state index contributed by atoms with van der Waals surface area (Å²) in [5, 5.41) is 22.7. The summed E-state index contributed by atoms with van der Waals surface area (Å²) in [4.78, 5) is 20.2. The number of hydrogen-bond acceptors (Lipinski definition) is 6. The topological polar surface area (TPSA) is 105 Å². The third-order valence-corrected chi connectivity index (χ3v) is 7.51. The summed E-state index contributed by atoms with van der Waals surface area (Å²) < 4.78 is 5.94. The van der Waals surface area contributed by atoms with Crippen LogP contribution in [0, 0.1) is 19.8 Å². The minimum Gasteiger partial charge on any atom is -0.493 e. The molecule has 3 aromatic rings. The van der Waals surface area contributed by atoms with Gasteiger partial charge in [0.1, 0.15) is 11.6 Å². The molecule has 0 unspecified atom stereocenters. The molecule has 1 fully saturated rings. The van der Waals surface area contributed by atoms with Crippen LogP contribution in [0.4, 0.5) is 5.82 Å². The number of nitrogens with zero attached hydrogens (tertiary/aromatic N) is 2. The molecule has 7 nitrogen and oxygen atoms in total. The maximum atomic E-state index is 11.1. The van der Waals surface area contributed by atoms with Crippen LogP contribution in [-0.2, 0) is 11.2 Å². The van der Waals surface area contributed by atoms with Crippen molar-refractivity contribution < 1.29 is 19.7 Å². The van der Waals surface area contributed by atoms with E-state index in [2.05, 4.69) is 59.5 Å². The van der Waals surface area contributed by atoms with E-state index in [1.807, 2.05) is 0 Å². The number of carboxylic acids is 1. The van der Waals surface area contributed by atoms with Gasteiger partial charge in [0.2, 0.25) is 0 Å². The van der Waals surface area contributed by atoms with E-state index in [1.54, 1.807) is 26.2 Å². The summed E-state index contributed by atoms with van der Waals surface area (Å²) in [6, 6.07) is 10.8. The molecule has 3 N–H and O–H groups in total. The van der Waals surface area contributed by atoms with Crippen LogP contribution >= 0.6 is 0 Å². The zero-order chi connectivity index (χ0) is 26.3. The predicted octanol–water partition coefficient (Wildman–Crippen LogP) is 5.59. The monoisotopic (exact) mass is 501 g/mol. The molecule has 0 spiro atoms. The van der Waals surface area contributed by atoms with Gasteiger partial charge in [-0.1, -0.05) is 18.2 Å². The van der Waals surface area contributed by atoms with Crippen molar-refractivity contribution in [3.63, 3.8) is 0 Å². The number of aryl methyl sites for hydroxylation is 2. The van der Waals surface area contributed by atoms with E-state index < -0.39 is 11.6 Å². The first kappa shape index (κ1) is 25.2. The summed E-state index contributed by atoms with van der Waals surface area (Å²) in [5.41, 5.74) is 7.49. The zero-order valence-corrected chi connectivity index (χ0v) is 21.9. The standard InChI is InChI=1S/C30H35N3O4/c1-17-12-19(37-11-10-30(3,4)36)13-18(2)28(17)22-7-5-6-21-20(22)8-9-25(21)33-27-16-31-26(15-32-27)23-14-24(23)29(34)35/h5-7,12-13,15-16,23-25,36H,8-11,14H2,1-4H3,(H,32,33)(H,34,35)/t23-,24-,25-/m1/s1. The number of aliphatic hydroxyl groups is 1. The number of anilines is 1. The number of aliphatic carboxylic acids is 1. The van der Waals surface area contributed by atoms with Gasteiger partial charge in [0, 0.05) is 12.3 Å². The first-order chi connectivity index (χ1) is 17.6. The highest BCUT2D eigenvalue weighted by Crippen LogP contribution is 2.47. The first-order valence-corrected chi connectivity index (χ1v) is 13.0. The summed E-state index contributed by atoms with van der Waals surface area (Å²) in [6.07, 6.45) is 6.58. The lowest BCUT2D eigenvalue weighted by Gasteiger charge is -2.19. The molecule has 2 aromatic carbocycles. The van der Waals surface area contributed by atoms with Crippen molar-refractivity contribution in [2.24, 2.45) is 5.92 Å². The Balaban J connectivity index is 1.32. The Labute approximate surface area is 217 Å². The molecular formula is C30H35N3O4. The van der Waals surface area contributed by atoms with E-state index in [0.29, 0.717) is 25.3 Å². The van der Waals surface area contributed by atoms with Crippen LogP contribution in [0.1, 0.15) is 73.0 Å². The second-order valence-electron chi connectivity index (χ2n) is 11.1. The smallest absolute Gasteiger partial charge is 0.307 e. The number of benzene rings is 2. The van der Waals surface area contributed by atoms with E-state index >= 15 is 0 Å². The van der Waals surface area contributed by atoms with Crippen LogP contribution in [0.25, 0.3) is 11.1 Å². The fraction of sp³-hybridized carbons (Fsp3) is 0.433. The third-order valence-electron chi connectivity index (χ3n) is 7.51. The van der Waals surface area contributed by atoms with Crippen LogP contribution in [0.5, 0.6) is 5.75 Å². The fourth-order valence-electron chi connectivity index (χ4n) is 5.47. The molecule has 0 saturated heterocycles. The second-order valence-corrected chi connectivity index (χ2v) is 11.1. The van der Waals surface area contributed by atoms with E-state index in [9.17, 15) is 9.90 Å². The Kier molecular flexibility index (Phi) is 6.67. The molecule has 0 amide bonds. The predicted molar refractivity (Wildman–Crippen MR) is 143 cm³/mol. The molecule has 3 atom stereocenters. The minimum atomic E-state index is -0.759. The van der Waals surface area contributed by atoms with Crippen molar-refractivity contribution in [1.82, 2.24) is 9.97 Å². The summed E-state index contributed by atoms with van der Waals surface area (Å²) in [6.45, 7) is 8.31. The van der Waals surface area contributed by atoms with E-state index in [1.165, 1.54) is 33.4 Å². The molecule has 0 radical (unpaired) electrons. The van der Waals surface area contributed by atoms with Gasteiger partial charge in [0.15, 0.2) is 0 Å². The van der Waals surface area contributed by atoms with Gasteiger partial charge in [-0.15, -0.1) is 0 Å². The third kappa shape index (κ3) is 5.47. The van der Waals surface area contributed by atoms with Crippen molar-refractivity contribution in [3.8, 4) is 16.9 Å². The van der Waals surface area contributed by atoms with Crippen LogP contribution in [0.3, 0.4) is 0 Å². The Morgan fingerprint density at radius 2 is 1.92 bits per heavy atom. The van der Waals surface area contributed by atoms with Crippen LogP contribution in [0.2, 0.25) is 0 Å². The average molecular weight is 502 g/mol. The molecule has 37 heavy (non-hydrogen) atoms. The molecule has 2 aliphatic rings. The second kappa shape index (κ2) is 9.78. The first-order valence-electron chi connectivity index (χ1n) is 13.0. The molecular weight excluding hydrogens is 466 g/mol. The number of aromatic nitrogens is 2. The van der Waals surface area contributed by atoms with Crippen molar-refractivity contribution in [2.75, 3.05) is 11.9 Å². The number of nitrogens with one attached hydrogen (secondary N) is 1. The van der Waals surface area contributed by atoms with Gasteiger partial charge in [-0.3, -0.25) is 9.78 Å². The minimum absolute atomic E-state index is 0.0152. The van der Waals surface area contributed by atoms with Gasteiger partial charge in [0.05, 0.1) is 42.3 Å². The lowest BCUT2D eigenvalue weighted by Crippen LogP contribution is -2.21. The Morgan fingerprint density at radius 1 is 1.16 bits per heavy atom. The molecule has 1 heterocycles. The maximum Gasteiger partial charge on any atom is 0.307 e. The Morgan fingerprint density at radius 3 is 2.54 bits per heavy atom. The average Bonchev–Trinajstić information content (AvgIpc) is 3.53. The summed E-state index contributed by atoms with van der Waals surface area (Å²) in [7, 11) is 0. The number of carbonyl (C=O) groups is 1. The number of fused-ring (bicyclic) bond motifs is 1. The van der Waals surface area contributed by atoms with Gasteiger partial charge in [-0.2, -0.15) is 0 Å². The molecule has 2 aliphatic carbocycles. The highest BCUT2D eigenvalue weighted by atomic mass is 16.5. The maximum absolute atomic E-state index is 11.1. The largest absolute Gasteiger partial charge is 0.493 e. The van der Waals surface area contributed by atoms with E-state index in [4.69, 9.17) is 9.84 Å². The molecule has 1 saturated carbocycles.